The van der Waals surface area contributed by atoms with Gasteiger partial charge in [-0.3, -0.25) is 9.59 Å². The summed E-state index contributed by atoms with van der Waals surface area (Å²) >= 11 is 5.83. The maximum absolute atomic E-state index is 12.4. The number of benzene rings is 1. The average molecular weight is 397 g/mol. The Bertz CT molecular complexity index is 619. The standard InChI is InChI=1S/C20H29ClN2O4/c1-4-6-7-12-22-17(24)13-27-20(26)18(14(3)5-2)23-19(25)15-8-10-16(21)11-9-15/h8-11,14,18H,4-7,12-13H2,1-3H3,(H,22,24)(H,23,25)/t14-,18-/m0/s1. The second kappa shape index (κ2) is 12.3. The molecule has 0 radical (unpaired) electrons. The van der Waals surface area contributed by atoms with Gasteiger partial charge in [-0.05, 0) is 36.6 Å². The van der Waals surface area contributed by atoms with Gasteiger partial charge in [-0.1, -0.05) is 51.6 Å². The quantitative estimate of drug-likeness (QED) is 0.443. The zero-order valence-corrected chi connectivity index (χ0v) is 17.0. The molecule has 0 aliphatic carbocycles. The summed E-state index contributed by atoms with van der Waals surface area (Å²) in [6.45, 7) is 6.05. The van der Waals surface area contributed by atoms with Gasteiger partial charge in [0.2, 0.25) is 0 Å². The number of hydrogen-bond acceptors (Lipinski definition) is 4. The second-order valence-electron chi connectivity index (χ2n) is 6.51. The number of amides is 2. The fourth-order valence-electron chi connectivity index (χ4n) is 2.38. The summed E-state index contributed by atoms with van der Waals surface area (Å²) in [5.74, 6) is -1.49. The van der Waals surface area contributed by atoms with Gasteiger partial charge in [0, 0.05) is 17.1 Å². The molecule has 1 aromatic rings. The van der Waals surface area contributed by atoms with E-state index in [1.165, 1.54) is 0 Å². The molecule has 2 atom stereocenters. The molecule has 0 bridgehead atoms. The molecule has 6 nitrogen and oxygen atoms in total. The van der Waals surface area contributed by atoms with Crippen LogP contribution in [-0.2, 0) is 14.3 Å². The summed E-state index contributed by atoms with van der Waals surface area (Å²) in [5, 5.41) is 5.93. The summed E-state index contributed by atoms with van der Waals surface area (Å²) < 4.78 is 5.12. The zero-order valence-electron chi connectivity index (χ0n) is 16.2. The predicted molar refractivity (Wildman–Crippen MR) is 106 cm³/mol. The monoisotopic (exact) mass is 396 g/mol. The molecular formula is C20H29ClN2O4. The first-order chi connectivity index (χ1) is 12.9. The van der Waals surface area contributed by atoms with Crippen molar-refractivity contribution >= 4 is 29.4 Å². The molecular weight excluding hydrogens is 368 g/mol. The highest BCUT2D eigenvalue weighted by molar-refractivity contribution is 6.30. The van der Waals surface area contributed by atoms with Crippen LogP contribution in [0.3, 0.4) is 0 Å². The molecule has 0 unspecified atom stereocenters. The van der Waals surface area contributed by atoms with Crippen molar-refractivity contribution in [1.29, 1.82) is 0 Å². The van der Waals surface area contributed by atoms with Gasteiger partial charge in [-0.25, -0.2) is 4.79 Å². The van der Waals surface area contributed by atoms with E-state index >= 15 is 0 Å². The van der Waals surface area contributed by atoms with Crippen LogP contribution in [0.2, 0.25) is 5.02 Å². The Morgan fingerprint density at radius 2 is 1.78 bits per heavy atom. The van der Waals surface area contributed by atoms with Crippen LogP contribution in [0.15, 0.2) is 24.3 Å². The minimum Gasteiger partial charge on any atom is -0.454 e. The SMILES string of the molecule is CCCCCNC(=O)COC(=O)[C@@H](NC(=O)c1ccc(Cl)cc1)[C@@H](C)CC. The van der Waals surface area contributed by atoms with Gasteiger partial charge in [-0.2, -0.15) is 0 Å². The van der Waals surface area contributed by atoms with E-state index in [0.29, 0.717) is 23.6 Å². The van der Waals surface area contributed by atoms with Crippen LogP contribution in [0.25, 0.3) is 0 Å². The molecule has 1 aromatic carbocycles. The third-order valence-corrected chi connectivity index (χ3v) is 4.56. The van der Waals surface area contributed by atoms with E-state index in [9.17, 15) is 14.4 Å². The number of unbranched alkanes of at least 4 members (excludes halogenated alkanes) is 2. The first-order valence-electron chi connectivity index (χ1n) is 9.38. The first-order valence-corrected chi connectivity index (χ1v) is 9.76. The largest absolute Gasteiger partial charge is 0.454 e. The molecule has 0 saturated heterocycles. The van der Waals surface area contributed by atoms with E-state index in [2.05, 4.69) is 17.6 Å². The molecule has 27 heavy (non-hydrogen) atoms. The maximum atomic E-state index is 12.4. The molecule has 0 heterocycles. The number of ether oxygens (including phenoxy) is 1. The molecule has 0 aliphatic heterocycles. The summed E-state index contributed by atoms with van der Waals surface area (Å²) in [4.78, 5) is 36.6. The summed E-state index contributed by atoms with van der Waals surface area (Å²) in [7, 11) is 0. The van der Waals surface area contributed by atoms with E-state index in [-0.39, 0.29) is 18.4 Å². The lowest BCUT2D eigenvalue weighted by atomic mass is 9.99. The Balaban J connectivity index is 2.59. The molecule has 1 rings (SSSR count). The second-order valence-corrected chi connectivity index (χ2v) is 6.94. The van der Waals surface area contributed by atoms with Crippen LogP contribution >= 0.6 is 11.6 Å². The lowest BCUT2D eigenvalue weighted by Gasteiger charge is -2.22. The highest BCUT2D eigenvalue weighted by Gasteiger charge is 2.28. The number of carbonyl (C=O) groups is 3. The summed E-state index contributed by atoms with van der Waals surface area (Å²) in [6.07, 6.45) is 3.66. The van der Waals surface area contributed by atoms with Gasteiger partial charge in [-0.15, -0.1) is 0 Å². The Labute approximate surface area is 166 Å². The van der Waals surface area contributed by atoms with Gasteiger partial charge < -0.3 is 15.4 Å². The van der Waals surface area contributed by atoms with E-state index in [4.69, 9.17) is 16.3 Å². The normalized spacial score (nSPS) is 12.7. The Morgan fingerprint density at radius 3 is 2.37 bits per heavy atom. The number of esters is 1. The highest BCUT2D eigenvalue weighted by Crippen LogP contribution is 2.13. The van der Waals surface area contributed by atoms with Gasteiger partial charge in [0.15, 0.2) is 6.61 Å². The van der Waals surface area contributed by atoms with Crippen molar-refractivity contribution in [2.45, 2.75) is 52.5 Å². The van der Waals surface area contributed by atoms with Crippen LogP contribution in [0.5, 0.6) is 0 Å². The highest BCUT2D eigenvalue weighted by atomic mass is 35.5. The molecule has 7 heteroatoms. The summed E-state index contributed by atoms with van der Waals surface area (Å²) in [6, 6.07) is 5.55. The number of hydrogen-bond donors (Lipinski definition) is 2. The minimum absolute atomic E-state index is 0.138. The molecule has 0 spiro atoms. The molecule has 2 amide bonds. The number of carbonyl (C=O) groups excluding carboxylic acids is 3. The molecule has 2 N–H and O–H groups in total. The lowest BCUT2D eigenvalue weighted by molar-refractivity contribution is -0.151. The molecule has 150 valence electrons. The lowest BCUT2D eigenvalue weighted by Crippen LogP contribution is -2.46. The van der Waals surface area contributed by atoms with Gasteiger partial charge >= 0.3 is 5.97 Å². The number of rotatable bonds is 11. The van der Waals surface area contributed by atoms with Crippen molar-refractivity contribution in [2.24, 2.45) is 5.92 Å². The van der Waals surface area contributed by atoms with Crippen molar-refractivity contribution in [1.82, 2.24) is 10.6 Å². The van der Waals surface area contributed by atoms with Crippen LogP contribution in [0, 0.1) is 5.92 Å². The fraction of sp³-hybridized carbons (Fsp3) is 0.550. The molecule has 0 aliphatic rings. The summed E-state index contributed by atoms with van der Waals surface area (Å²) in [5.41, 5.74) is 0.397. The zero-order chi connectivity index (χ0) is 20.2. The minimum atomic E-state index is -0.828. The third-order valence-electron chi connectivity index (χ3n) is 4.31. The number of nitrogens with one attached hydrogen (secondary N) is 2. The van der Waals surface area contributed by atoms with Crippen molar-refractivity contribution in [3.05, 3.63) is 34.9 Å². The van der Waals surface area contributed by atoms with Crippen LogP contribution in [-0.4, -0.2) is 37.0 Å². The fourth-order valence-corrected chi connectivity index (χ4v) is 2.50. The molecule has 0 aromatic heterocycles. The van der Waals surface area contributed by atoms with E-state index < -0.39 is 17.9 Å². The Hall–Kier alpha value is -2.08. The third kappa shape index (κ3) is 8.43. The topological polar surface area (TPSA) is 84.5 Å². The van der Waals surface area contributed by atoms with Crippen molar-refractivity contribution in [2.75, 3.05) is 13.2 Å². The van der Waals surface area contributed by atoms with Crippen molar-refractivity contribution in [3.63, 3.8) is 0 Å². The predicted octanol–water partition coefficient (Wildman–Crippen LogP) is 3.33. The first kappa shape index (κ1) is 23.0. The molecule has 0 fully saturated rings. The van der Waals surface area contributed by atoms with Crippen LogP contribution in [0.1, 0.15) is 56.8 Å². The average Bonchev–Trinajstić information content (AvgIpc) is 2.67. The van der Waals surface area contributed by atoms with Gasteiger partial charge in [0.25, 0.3) is 11.8 Å². The van der Waals surface area contributed by atoms with E-state index in [1.54, 1.807) is 24.3 Å². The van der Waals surface area contributed by atoms with Crippen molar-refractivity contribution < 1.29 is 19.1 Å². The maximum Gasteiger partial charge on any atom is 0.329 e. The van der Waals surface area contributed by atoms with Crippen LogP contribution < -0.4 is 10.6 Å². The Kier molecular flexibility index (Phi) is 10.5. The van der Waals surface area contributed by atoms with Crippen molar-refractivity contribution in [3.8, 4) is 0 Å². The van der Waals surface area contributed by atoms with Crippen LogP contribution in [0.4, 0.5) is 0 Å². The number of halogens is 1. The molecule has 0 saturated carbocycles. The van der Waals surface area contributed by atoms with E-state index in [1.807, 2.05) is 13.8 Å². The Morgan fingerprint density at radius 1 is 1.11 bits per heavy atom. The van der Waals surface area contributed by atoms with Gasteiger partial charge in [0.05, 0.1) is 0 Å². The van der Waals surface area contributed by atoms with E-state index in [0.717, 1.165) is 19.3 Å². The van der Waals surface area contributed by atoms with Gasteiger partial charge in [0.1, 0.15) is 6.04 Å². The smallest absolute Gasteiger partial charge is 0.329 e.